The van der Waals surface area contributed by atoms with Crippen LogP contribution < -0.4 is 5.32 Å². The second-order valence-corrected chi connectivity index (χ2v) is 5.68. The minimum Gasteiger partial charge on any atom is -0.319 e. The van der Waals surface area contributed by atoms with Gasteiger partial charge in [0, 0.05) is 15.1 Å². The molecule has 0 spiro atoms. The summed E-state index contributed by atoms with van der Waals surface area (Å²) < 4.78 is 1.67. The molecule has 1 aromatic heterocycles. The highest BCUT2D eigenvalue weighted by Gasteiger charge is 2.09. The molecule has 18 heavy (non-hydrogen) atoms. The topological polar surface area (TPSA) is 42.0 Å². The van der Waals surface area contributed by atoms with Gasteiger partial charge in [0.1, 0.15) is 5.69 Å². The van der Waals surface area contributed by atoms with Crippen molar-refractivity contribution in [3.8, 4) is 0 Å². The SMILES string of the molecule is O=C(Nc1ccc(Br)cc1Cl)c1ccc(Br)cn1. The molecule has 1 heterocycles. The summed E-state index contributed by atoms with van der Waals surface area (Å²) >= 11 is 12.6. The van der Waals surface area contributed by atoms with Gasteiger partial charge in [0.15, 0.2) is 0 Å². The van der Waals surface area contributed by atoms with E-state index in [4.69, 9.17) is 11.6 Å². The third-order valence-electron chi connectivity index (χ3n) is 2.14. The van der Waals surface area contributed by atoms with Crippen molar-refractivity contribution in [3.63, 3.8) is 0 Å². The predicted molar refractivity (Wildman–Crippen MR) is 79.0 cm³/mol. The number of nitrogens with one attached hydrogen (secondary N) is 1. The molecule has 1 N–H and O–H groups in total. The molecule has 1 aromatic carbocycles. The van der Waals surface area contributed by atoms with Crippen molar-refractivity contribution >= 4 is 55.1 Å². The van der Waals surface area contributed by atoms with E-state index in [-0.39, 0.29) is 5.91 Å². The van der Waals surface area contributed by atoms with Crippen LogP contribution in [0.1, 0.15) is 10.5 Å². The maximum atomic E-state index is 11.9. The number of halogens is 3. The molecular weight excluding hydrogens is 383 g/mol. The fourth-order valence-corrected chi connectivity index (χ4v) is 2.24. The number of benzene rings is 1. The van der Waals surface area contributed by atoms with Gasteiger partial charge in [0.25, 0.3) is 5.91 Å². The lowest BCUT2D eigenvalue weighted by Gasteiger charge is -2.07. The average molecular weight is 390 g/mol. The fourth-order valence-electron chi connectivity index (χ4n) is 1.29. The fraction of sp³-hybridized carbons (Fsp3) is 0. The number of pyridine rings is 1. The normalized spacial score (nSPS) is 10.2. The van der Waals surface area contributed by atoms with Gasteiger partial charge in [-0.2, -0.15) is 0 Å². The molecular formula is C12H7Br2ClN2O. The van der Waals surface area contributed by atoms with Gasteiger partial charge in [-0.3, -0.25) is 4.79 Å². The van der Waals surface area contributed by atoms with Crippen LogP contribution in [0.4, 0.5) is 5.69 Å². The van der Waals surface area contributed by atoms with Crippen LogP contribution in [0.5, 0.6) is 0 Å². The summed E-state index contributed by atoms with van der Waals surface area (Å²) in [6, 6.07) is 8.63. The van der Waals surface area contributed by atoms with Crippen molar-refractivity contribution in [2.24, 2.45) is 0 Å². The highest BCUT2D eigenvalue weighted by Crippen LogP contribution is 2.25. The lowest BCUT2D eigenvalue weighted by Crippen LogP contribution is -2.13. The molecule has 2 aromatic rings. The van der Waals surface area contributed by atoms with Crippen LogP contribution in [0.15, 0.2) is 45.5 Å². The summed E-state index contributed by atoms with van der Waals surface area (Å²) in [6.45, 7) is 0. The summed E-state index contributed by atoms with van der Waals surface area (Å²) in [6.07, 6.45) is 1.57. The van der Waals surface area contributed by atoms with Crippen LogP contribution in [-0.4, -0.2) is 10.9 Å². The van der Waals surface area contributed by atoms with Crippen molar-refractivity contribution in [3.05, 3.63) is 56.2 Å². The highest BCUT2D eigenvalue weighted by atomic mass is 79.9. The molecule has 92 valence electrons. The summed E-state index contributed by atoms with van der Waals surface area (Å²) in [5, 5.41) is 3.17. The zero-order valence-corrected chi connectivity index (χ0v) is 12.9. The molecule has 0 radical (unpaired) electrons. The summed E-state index contributed by atoms with van der Waals surface area (Å²) in [4.78, 5) is 15.9. The Morgan fingerprint density at radius 2 is 1.89 bits per heavy atom. The Balaban J connectivity index is 2.18. The molecule has 0 aliphatic heterocycles. The first-order valence-corrected chi connectivity index (χ1v) is 6.90. The van der Waals surface area contributed by atoms with E-state index in [2.05, 4.69) is 42.2 Å². The van der Waals surface area contributed by atoms with E-state index in [1.165, 1.54) is 0 Å². The predicted octanol–water partition coefficient (Wildman–Crippen LogP) is 4.51. The van der Waals surface area contributed by atoms with Crippen LogP contribution in [-0.2, 0) is 0 Å². The first-order chi connectivity index (χ1) is 8.56. The highest BCUT2D eigenvalue weighted by molar-refractivity contribution is 9.10. The van der Waals surface area contributed by atoms with E-state index >= 15 is 0 Å². The molecule has 0 bridgehead atoms. The Hall–Kier alpha value is -0.910. The standard InChI is InChI=1S/C12H7Br2ClN2O/c13-7-1-3-10(9(15)5-7)17-12(18)11-4-2-8(14)6-16-11/h1-6H,(H,17,18). The van der Waals surface area contributed by atoms with Gasteiger partial charge in [-0.25, -0.2) is 4.98 Å². The van der Waals surface area contributed by atoms with Gasteiger partial charge >= 0.3 is 0 Å². The molecule has 0 saturated carbocycles. The summed E-state index contributed by atoms with van der Waals surface area (Å²) in [7, 11) is 0. The quantitative estimate of drug-likeness (QED) is 0.820. The molecule has 1 amide bonds. The molecule has 3 nitrogen and oxygen atoms in total. The molecule has 0 aliphatic carbocycles. The molecule has 2 rings (SSSR count). The van der Waals surface area contributed by atoms with Gasteiger partial charge in [0.05, 0.1) is 10.7 Å². The van der Waals surface area contributed by atoms with Gasteiger partial charge in [-0.05, 0) is 46.3 Å². The average Bonchev–Trinajstić information content (AvgIpc) is 2.33. The number of amides is 1. The van der Waals surface area contributed by atoms with Gasteiger partial charge in [0.2, 0.25) is 0 Å². The summed E-state index contributed by atoms with van der Waals surface area (Å²) in [5.74, 6) is -0.299. The van der Waals surface area contributed by atoms with E-state index in [0.717, 1.165) is 8.95 Å². The summed E-state index contributed by atoms with van der Waals surface area (Å²) in [5.41, 5.74) is 0.881. The Bertz CT molecular complexity index is 587. The first-order valence-electron chi connectivity index (χ1n) is 4.94. The first kappa shape index (κ1) is 13.5. The van der Waals surface area contributed by atoms with Crippen LogP contribution in [0.2, 0.25) is 5.02 Å². The van der Waals surface area contributed by atoms with Gasteiger partial charge < -0.3 is 5.32 Å². The van der Waals surface area contributed by atoms with E-state index in [1.807, 2.05) is 0 Å². The third kappa shape index (κ3) is 3.31. The molecule has 0 unspecified atom stereocenters. The van der Waals surface area contributed by atoms with Gasteiger partial charge in [-0.15, -0.1) is 0 Å². The maximum Gasteiger partial charge on any atom is 0.274 e. The Morgan fingerprint density at radius 1 is 1.17 bits per heavy atom. The van der Waals surface area contributed by atoms with Crippen LogP contribution in [0.3, 0.4) is 0 Å². The number of carbonyl (C=O) groups excluding carboxylic acids is 1. The number of aromatic nitrogens is 1. The Kier molecular flexibility index (Phi) is 4.37. The minimum atomic E-state index is -0.299. The molecule has 0 aliphatic rings. The number of hydrogen-bond donors (Lipinski definition) is 1. The largest absolute Gasteiger partial charge is 0.319 e. The lowest BCUT2D eigenvalue weighted by molar-refractivity contribution is 0.102. The minimum absolute atomic E-state index is 0.299. The molecule has 6 heteroatoms. The monoisotopic (exact) mass is 388 g/mol. The van der Waals surface area contributed by atoms with Crippen LogP contribution >= 0.6 is 43.5 Å². The second kappa shape index (κ2) is 5.82. The van der Waals surface area contributed by atoms with Crippen molar-refractivity contribution < 1.29 is 4.79 Å². The van der Waals surface area contributed by atoms with Crippen LogP contribution in [0, 0.1) is 0 Å². The van der Waals surface area contributed by atoms with Gasteiger partial charge in [-0.1, -0.05) is 27.5 Å². The Morgan fingerprint density at radius 3 is 2.50 bits per heavy atom. The smallest absolute Gasteiger partial charge is 0.274 e. The zero-order valence-electron chi connectivity index (χ0n) is 8.95. The number of anilines is 1. The lowest BCUT2D eigenvalue weighted by atomic mass is 10.3. The number of carbonyl (C=O) groups is 1. The number of hydrogen-bond acceptors (Lipinski definition) is 2. The van der Waals surface area contributed by atoms with E-state index in [0.29, 0.717) is 16.4 Å². The van der Waals surface area contributed by atoms with Crippen molar-refractivity contribution in [2.75, 3.05) is 5.32 Å². The third-order valence-corrected chi connectivity index (χ3v) is 3.41. The molecule has 0 saturated heterocycles. The molecule has 0 fully saturated rings. The number of rotatable bonds is 2. The Labute approximate surface area is 126 Å². The molecule has 0 atom stereocenters. The van der Waals surface area contributed by atoms with E-state index in [9.17, 15) is 4.79 Å². The van der Waals surface area contributed by atoms with E-state index < -0.39 is 0 Å². The second-order valence-electron chi connectivity index (χ2n) is 3.44. The van der Waals surface area contributed by atoms with Crippen molar-refractivity contribution in [2.45, 2.75) is 0 Å². The van der Waals surface area contributed by atoms with E-state index in [1.54, 1.807) is 36.5 Å². The maximum absolute atomic E-state index is 11.9. The van der Waals surface area contributed by atoms with Crippen molar-refractivity contribution in [1.82, 2.24) is 4.98 Å². The zero-order chi connectivity index (χ0) is 13.1. The number of nitrogens with zero attached hydrogens (tertiary/aromatic N) is 1. The van der Waals surface area contributed by atoms with Crippen molar-refractivity contribution in [1.29, 1.82) is 0 Å². The van der Waals surface area contributed by atoms with Crippen LogP contribution in [0.25, 0.3) is 0 Å².